The predicted octanol–water partition coefficient (Wildman–Crippen LogP) is 2.15. The maximum absolute atomic E-state index is 11.0. The Bertz CT molecular complexity index is 495. The Labute approximate surface area is 103 Å². The van der Waals surface area contributed by atoms with Gasteiger partial charge in [-0.2, -0.15) is 0 Å². The SMILES string of the molecule is Cc1cc([N+](=O)[O-])ccc1OC(C(=O)O)C1CC1. The summed E-state index contributed by atoms with van der Waals surface area (Å²) in [4.78, 5) is 21.1. The smallest absolute Gasteiger partial charge is 0.345 e. The van der Waals surface area contributed by atoms with Crippen LogP contribution < -0.4 is 4.74 Å². The molecule has 0 radical (unpaired) electrons. The fourth-order valence-electron chi connectivity index (χ4n) is 1.76. The van der Waals surface area contributed by atoms with Crippen molar-refractivity contribution in [3.8, 4) is 5.75 Å². The number of carboxylic acid groups (broad SMARTS) is 1. The summed E-state index contributed by atoms with van der Waals surface area (Å²) in [5.74, 6) is -0.549. The minimum absolute atomic E-state index is 0.0295. The van der Waals surface area contributed by atoms with Crippen LogP contribution in [-0.2, 0) is 4.79 Å². The van der Waals surface area contributed by atoms with Crippen LogP contribution in [-0.4, -0.2) is 22.1 Å². The number of nitro groups is 1. The van der Waals surface area contributed by atoms with Gasteiger partial charge in [-0.15, -0.1) is 0 Å². The van der Waals surface area contributed by atoms with E-state index in [1.807, 2.05) is 0 Å². The molecule has 1 aromatic rings. The lowest BCUT2D eigenvalue weighted by Gasteiger charge is -2.15. The monoisotopic (exact) mass is 251 g/mol. The van der Waals surface area contributed by atoms with Gasteiger partial charge in [-0.3, -0.25) is 10.1 Å². The predicted molar refractivity (Wildman–Crippen MR) is 62.6 cm³/mol. The molecule has 0 spiro atoms. The van der Waals surface area contributed by atoms with E-state index in [9.17, 15) is 14.9 Å². The van der Waals surface area contributed by atoms with Gasteiger partial charge in [0.15, 0.2) is 6.10 Å². The van der Waals surface area contributed by atoms with Crippen molar-refractivity contribution in [1.29, 1.82) is 0 Å². The Morgan fingerprint density at radius 3 is 2.67 bits per heavy atom. The van der Waals surface area contributed by atoms with E-state index in [4.69, 9.17) is 9.84 Å². The molecule has 0 amide bonds. The molecular weight excluding hydrogens is 238 g/mol. The summed E-state index contributed by atoms with van der Waals surface area (Å²) >= 11 is 0. The quantitative estimate of drug-likeness (QED) is 0.639. The van der Waals surface area contributed by atoms with Crippen molar-refractivity contribution in [3.05, 3.63) is 33.9 Å². The van der Waals surface area contributed by atoms with Crippen LogP contribution in [0.5, 0.6) is 5.75 Å². The molecule has 96 valence electrons. The number of nitro benzene ring substituents is 1. The Balaban J connectivity index is 2.18. The van der Waals surface area contributed by atoms with Gasteiger partial charge in [-0.05, 0) is 31.4 Å². The molecule has 2 rings (SSSR count). The highest BCUT2D eigenvalue weighted by Crippen LogP contribution is 2.36. The molecule has 1 fully saturated rings. The van der Waals surface area contributed by atoms with Gasteiger partial charge in [-0.25, -0.2) is 4.79 Å². The van der Waals surface area contributed by atoms with Crippen LogP contribution in [0, 0.1) is 23.0 Å². The standard InChI is InChI=1S/C12H13NO5/c1-7-6-9(13(16)17)4-5-10(7)18-11(12(14)15)8-2-3-8/h4-6,8,11H,2-3H2,1H3,(H,14,15). The Kier molecular flexibility index (Phi) is 3.18. The number of aryl methyl sites for hydroxylation is 1. The molecule has 6 heteroatoms. The lowest BCUT2D eigenvalue weighted by Crippen LogP contribution is -2.29. The molecule has 0 saturated heterocycles. The molecule has 0 bridgehead atoms. The minimum atomic E-state index is -0.991. The molecule has 1 aliphatic carbocycles. The first-order valence-electron chi connectivity index (χ1n) is 5.63. The van der Waals surface area contributed by atoms with E-state index in [1.54, 1.807) is 6.92 Å². The maximum atomic E-state index is 11.0. The zero-order valence-corrected chi connectivity index (χ0v) is 9.83. The van der Waals surface area contributed by atoms with Crippen LogP contribution >= 0.6 is 0 Å². The van der Waals surface area contributed by atoms with Crippen molar-refractivity contribution >= 4 is 11.7 Å². The molecule has 1 aliphatic rings. The summed E-state index contributed by atoms with van der Waals surface area (Å²) in [5, 5.41) is 19.6. The van der Waals surface area contributed by atoms with Crippen molar-refractivity contribution < 1.29 is 19.6 Å². The summed E-state index contributed by atoms with van der Waals surface area (Å²) in [7, 11) is 0. The van der Waals surface area contributed by atoms with E-state index < -0.39 is 17.0 Å². The van der Waals surface area contributed by atoms with Gasteiger partial charge in [-0.1, -0.05) is 0 Å². The molecule has 6 nitrogen and oxygen atoms in total. The average molecular weight is 251 g/mol. The van der Waals surface area contributed by atoms with Gasteiger partial charge in [0.05, 0.1) is 4.92 Å². The van der Waals surface area contributed by atoms with Crippen LogP contribution in [0.4, 0.5) is 5.69 Å². The van der Waals surface area contributed by atoms with E-state index in [2.05, 4.69) is 0 Å². The van der Waals surface area contributed by atoms with Gasteiger partial charge in [0.25, 0.3) is 5.69 Å². The van der Waals surface area contributed by atoms with Crippen LogP contribution in [0.2, 0.25) is 0 Å². The number of carboxylic acids is 1. The number of nitrogens with zero attached hydrogens (tertiary/aromatic N) is 1. The lowest BCUT2D eigenvalue weighted by molar-refractivity contribution is -0.384. The maximum Gasteiger partial charge on any atom is 0.345 e. The fourth-order valence-corrected chi connectivity index (χ4v) is 1.76. The second-order valence-corrected chi connectivity index (χ2v) is 4.42. The van der Waals surface area contributed by atoms with Crippen LogP contribution in [0.15, 0.2) is 18.2 Å². The average Bonchev–Trinajstić information content (AvgIpc) is 3.10. The highest BCUT2D eigenvalue weighted by atomic mass is 16.6. The van der Waals surface area contributed by atoms with Gasteiger partial charge >= 0.3 is 5.97 Å². The third kappa shape index (κ3) is 2.58. The summed E-state index contributed by atoms with van der Waals surface area (Å²) in [6.45, 7) is 1.66. The molecule has 0 aliphatic heterocycles. The van der Waals surface area contributed by atoms with Crippen molar-refractivity contribution in [2.24, 2.45) is 5.92 Å². The fraction of sp³-hybridized carbons (Fsp3) is 0.417. The Morgan fingerprint density at radius 2 is 2.22 bits per heavy atom. The van der Waals surface area contributed by atoms with Crippen LogP contribution in [0.1, 0.15) is 18.4 Å². The molecule has 1 N–H and O–H groups in total. The van der Waals surface area contributed by atoms with Crippen LogP contribution in [0.3, 0.4) is 0 Å². The number of rotatable bonds is 5. The molecule has 18 heavy (non-hydrogen) atoms. The largest absolute Gasteiger partial charge is 0.478 e. The second kappa shape index (κ2) is 4.64. The third-order valence-corrected chi connectivity index (χ3v) is 2.92. The zero-order chi connectivity index (χ0) is 13.3. The molecule has 0 aromatic heterocycles. The first-order chi connectivity index (χ1) is 8.49. The Hall–Kier alpha value is -2.11. The van der Waals surface area contributed by atoms with E-state index in [-0.39, 0.29) is 11.6 Å². The number of hydrogen-bond acceptors (Lipinski definition) is 4. The topological polar surface area (TPSA) is 89.7 Å². The van der Waals surface area contributed by atoms with Crippen LogP contribution in [0.25, 0.3) is 0 Å². The normalized spacial score (nSPS) is 16.1. The lowest BCUT2D eigenvalue weighted by atomic mass is 10.2. The van der Waals surface area contributed by atoms with E-state index in [0.717, 1.165) is 12.8 Å². The second-order valence-electron chi connectivity index (χ2n) is 4.42. The summed E-state index contributed by atoms with van der Waals surface area (Å²) in [5.41, 5.74) is 0.536. The summed E-state index contributed by atoms with van der Waals surface area (Å²) < 4.78 is 5.44. The molecule has 0 heterocycles. The van der Waals surface area contributed by atoms with Crippen molar-refractivity contribution in [2.75, 3.05) is 0 Å². The number of benzene rings is 1. The summed E-state index contributed by atoms with van der Waals surface area (Å²) in [6, 6.07) is 4.14. The molecular formula is C12H13NO5. The van der Waals surface area contributed by atoms with E-state index in [0.29, 0.717) is 11.3 Å². The van der Waals surface area contributed by atoms with E-state index >= 15 is 0 Å². The Morgan fingerprint density at radius 1 is 1.56 bits per heavy atom. The van der Waals surface area contributed by atoms with Crippen molar-refractivity contribution in [3.63, 3.8) is 0 Å². The first-order valence-corrected chi connectivity index (χ1v) is 5.63. The van der Waals surface area contributed by atoms with Crippen molar-refractivity contribution in [1.82, 2.24) is 0 Å². The molecule has 1 atom stereocenters. The number of hydrogen-bond donors (Lipinski definition) is 1. The number of non-ortho nitro benzene ring substituents is 1. The minimum Gasteiger partial charge on any atom is -0.478 e. The number of aliphatic carboxylic acids is 1. The van der Waals surface area contributed by atoms with Crippen molar-refractivity contribution in [2.45, 2.75) is 25.9 Å². The molecule has 1 aromatic carbocycles. The van der Waals surface area contributed by atoms with Gasteiger partial charge in [0.2, 0.25) is 0 Å². The third-order valence-electron chi connectivity index (χ3n) is 2.92. The molecule has 1 saturated carbocycles. The van der Waals surface area contributed by atoms with Gasteiger partial charge < -0.3 is 9.84 Å². The van der Waals surface area contributed by atoms with E-state index in [1.165, 1.54) is 18.2 Å². The highest BCUT2D eigenvalue weighted by Gasteiger charge is 2.38. The molecule has 1 unspecified atom stereocenters. The zero-order valence-electron chi connectivity index (χ0n) is 9.83. The van der Waals surface area contributed by atoms with Gasteiger partial charge in [0.1, 0.15) is 5.75 Å². The summed E-state index contributed by atoms with van der Waals surface area (Å²) in [6.07, 6.45) is 0.844. The number of carbonyl (C=O) groups is 1. The highest BCUT2D eigenvalue weighted by molar-refractivity contribution is 5.73. The van der Waals surface area contributed by atoms with Gasteiger partial charge in [0, 0.05) is 18.1 Å². The number of ether oxygens (including phenoxy) is 1. The first kappa shape index (κ1) is 12.3.